The molecular formula is C22H34O3. The molecule has 3 heteroatoms. The molecule has 140 valence electrons. The Bertz CT molecular complexity index is 580. The van der Waals surface area contributed by atoms with Crippen molar-refractivity contribution in [3.8, 4) is 0 Å². The summed E-state index contributed by atoms with van der Waals surface area (Å²) in [4.78, 5) is 12.6. The van der Waals surface area contributed by atoms with Gasteiger partial charge in [-0.05, 0) is 67.6 Å². The number of carbonyl (C=O) groups excluding carboxylic acids is 1. The fraction of sp³-hybridized carbons (Fsp3) is 0.955. The van der Waals surface area contributed by atoms with Gasteiger partial charge in [0, 0.05) is 24.2 Å². The van der Waals surface area contributed by atoms with Crippen LogP contribution in [0.25, 0.3) is 0 Å². The third-order valence-electron chi connectivity index (χ3n) is 9.58. The number of ether oxygens (including phenoxy) is 2. The van der Waals surface area contributed by atoms with Crippen LogP contribution in [0.2, 0.25) is 0 Å². The van der Waals surface area contributed by atoms with Gasteiger partial charge in [-0.3, -0.25) is 4.79 Å². The molecule has 0 bridgehead atoms. The van der Waals surface area contributed by atoms with Crippen molar-refractivity contribution in [1.29, 1.82) is 0 Å². The van der Waals surface area contributed by atoms with Crippen LogP contribution in [0, 0.1) is 40.4 Å². The van der Waals surface area contributed by atoms with Crippen LogP contribution in [-0.2, 0) is 14.3 Å². The Hall–Kier alpha value is -0.410. The van der Waals surface area contributed by atoms with Crippen molar-refractivity contribution in [2.24, 2.45) is 40.4 Å². The quantitative estimate of drug-likeness (QED) is 0.644. The van der Waals surface area contributed by atoms with Gasteiger partial charge in [-0.15, -0.1) is 0 Å². The number of ketones is 1. The maximum absolute atomic E-state index is 12.6. The molecule has 1 spiro atoms. The van der Waals surface area contributed by atoms with Gasteiger partial charge in [-0.2, -0.15) is 0 Å². The lowest BCUT2D eigenvalue weighted by Gasteiger charge is -2.62. The number of carbonyl (C=O) groups is 1. The van der Waals surface area contributed by atoms with Gasteiger partial charge in [0.1, 0.15) is 5.78 Å². The minimum Gasteiger partial charge on any atom is -0.347 e. The Morgan fingerprint density at radius 1 is 0.960 bits per heavy atom. The SMILES string of the molecule is C[C@@H]1C[C@]2(C)C3CC[C@]4(C)C(=O)CCC4C3CC[C@H]2CC12OCCO2. The second-order valence-electron chi connectivity index (χ2n) is 10.4. The maximum atomic E-state index is 12.6. The largest absolute Gasteiger partial charge is 0.347 e. The normalized spacial score (nSPS) is 54.2. The molecule has 4 aliphatic carbocycles. The van der Waals surface area contributed by atoms with Crippen LogP contribution in [0.5, 0.6) is 0 Å². The highest BCUT2D eigenvalue weighted by Crippen LogP contribution is 2.67. The standard InChI is InChI=1S/C22H34O3/c1-14-12-21(3)15(13-22(14)24-10-11-25-22)4-5-16-17-6-7-19(23)20(17,2)9-8-18(16)21/h14-18H,4-13H2,1-3H3/t14-,15+,16?,17?,18?,20+,21+/m1/s1. The third kappa shape index (κ3) is 2.09. The van der Waals surface area contributed by atoms with Crippen LogP contribution < -0.4 is 0 Å². The van der Waals surface area contributed by atoms with Gasteiger partial charge >= 0.3 is 0 Å². The zero-order valence-electron chi connectivity index (χ0n) is 16.2. The average molecular weight is 347 g/mol. The Morgan fingerprint density at radius 2 is 1.72 bits per heavy atom. The van der Waals surface area contributed by atoms with Crippen LogP contribution >= 0.6 is 0 Å². The Kier molecular flexibility index (Phi) is 3.56. The molecule has 0 radical (unpaired) electrons. The van der Waals surface area contributed by atoms with Crippen molar-refractivity contribution in [3.05, 3.63) is 0 Å². The summed E-state index contributed by atoms with van der Waals surface area (Å²) in [6.45, 7) is 8.75. The van der Waals surface area contributed by atoms with Gasteiger partial charge in [0.25, 0.3) is 0 Å². The summed E-state index contributed by atoms with van der Waals surface area (Å²) in [5, 5.41) is 0. The van der Waals surface area contributed by atoms with E-state index in [0.717, 1.165) is 56.7 Å². The number of hydrogen-bond acceptors (Lipinski definition) is 3. The highest BCUT2D eigenvalue weighted by atomic mass is 16.7. The van der Waals surface area contributed by atoms with Gasteiger partial charge in [0.2, 0.25) is 0 Å². The van der Waals surface area contributed by atoms with Gasteiger partial charge in [0.05, 0.1) is 13.2 Å². The Morgan fingerprint density at radius 3 is 2.48 bits per heavy atom. The number of rotatable bonds is 0. The van der Waals surface area contributed by atoms with E-state index in [1.54, 1.807) is 0 Å². The molecule has 1 heterocycles. The molecule has 0 aromatic heterocycles. The highest BCUT2D eigenvalue weighted by Gasteiger charge is 2.63. The van der Waals surface area contributed by atoms with E-state index < -0.39 is 0 Å². The number of Topliss-reactive ketones (excluding diaryl/α,β-unsaturated/α-hetero) is 1. The second kappa shape index (κ2) is 5.32. The molecule has 4 saturated carbocycles. The predicted molar refractivity (Wildman–Crippen MR) is 95.9 cm³/mol. The second-order valence-corrected chi connectivity index (χ2v) is 10.4. The molecule has 0 aromatic carbocycles. The van der Waals surface area contributed by atoms with Crippen LogP contribution in [0.15, 0.2) is 0 Å². The fourth-order valence-electron chi connectivity index (χ4n) is 8.19. The number of fused-ring (bicyclic) bond motifs is 5. The molecule has 25 heavy (non-hydrogen) atoms. The van der Waals surface area contributed by atoms with Crippen LogP contribution in [0.1, 0.15) is 72.1 Å². The van der Waals surface area contributed by atoms with E-state index in [-0.39, 0.29) is 11.2 Å². The molecular weight excluding hydrogens is 312 g/mol. The van der Waals surface area contributed by atoms with Crippen molar-refractivity contribution in [1.82, 2.24) is 0 Å². The Labute approximate surface area is 152 Å². The first-order valence-electron chi connectivity index (χ1n) is 10.7. The van der Waals surface area contributed by atoms with Gasteiger partial charge in [-0.1, -0.05) is 20.8 Å². The van der Waals surface area contributed by atoms with E-state index in [1.165, 1.54) is 25.7 Å². The topological polar surface area (TPSA) is 35.5 Å². The molecule has 0 aromatic rings. The summed E-state index contributed by atoms with van der Waals surface area (Å²) >= 11 is 0. The lowest BCUT2D eigenvalue weighted by Crippen LogP contribution is -2.58. The molecule has 0 amide bonds. The summed E-state index contributed by atoms with van der Waals surface area (Å²) < 4.78 is 12.3. The van der Waals surface area contributed by atoms with Crippen molar-refractivity contribution >= 4 is 5.78 Å². The highest BCUT2D eigenvalue weighted by molar-refractivity contribution is 5.87. The van der Waals surface area contributed by atoms with Gasteiger partial charge in [-0.25, -0.2) is 0 Å². The van der Waals surface area contributed by atoms with Crippen LogP contribution in [0.3, 0.4) is 0 Å². The van der Waals surface area contributed by atoms with Crippen molar-refractivity contribution in [3.63, 3.8) is 0 Å². The first kappa shape index (κ1) is 16.7. The van der Waals surface area contributed by atoms with Crippen LogP contribution in [0.4, 0.5) is 0 Å². The maximum Gasteiger partial charge on any atom is 0.171 e. The van der Waals surface area contributed by atoms with Crippen molar-refractivity contribution < 1.29 is 14.3 Å². The van der Waals surface area contributed by atoms with E-state index in [9.17, 15) is 4.79 Å². The van der Waals surface area contributed by atoms with Gasteiger partial charge < -0.3 is 9.47 Å². The first-order valence-corrected chi connectivity index (χ1v) is 10.7. The van der Waals surface area contributed by atoms with Gasteiger partial charge in [0.15, 0.2) is 5.79 Å². The molecule has 7 atom stereocenters. The van der Waals surface area contributed by atoms with Crippen molar-refractivity contribution in [2.45, 2.75) is 77.9 Å². The summed E-state index contributed by atoms with van der Waals surface area (Å²) in [5.74, 6) is 3.71. The number of hydrogen-bond donors (Lipinski definition) is 0. The van der Waals surface area contributed by atoms with Crippen molar-refractivity contribution in [2.75, 3.05) is 13.2 Å². The first-order chi connectivity index (χ1) is 11.9. The smallest absolute Gasteiger partial charge is 0.171 e. The molecule has 5 aliphatic rings. The monoisotopic (exact) mass is 346 g/mol. The fourth-order valence-corrected chi connectivity index (χ4v) is 8.19. The lowest BCUT2D eigenvalue weighted by molar-refractivity contribution is -0.257. The molecule has 3 nitrogen and oxygen atoms in total. The third-order valence-corrected chi connectivity index (χ3v) is 9.58. The lowest BCUT2D eigenvalue weighted by atomic mass is 9.44. The van der Waals surface area contributed by atoms with E-state index >= 15 is 0 Å². The molecule has 3 unspecified atom stereocenters. The van der Waals surface area contributed by atoms with E-state index in [4.69, 9.17) is 9.47 Å². The summed E-state index contributed by atoms with van der Waals surface area (Å²) in [6.07, 6.45) is 9.34. The minimum absolute atomic E-state index is 0.00352. The average Bonchev–Trinajstić information content (AvgIpc) is 3.16. The van der Waals surface area contributed by atoms with Crippen LogP contribution in [-0.4, -0.2) is 24.8 Å². The molecule has 5 fully saturated rings. The Balaban J connectivity index is 1.44. The van der Waals surface area contributed by atoms with E-state index in [2.05, 4.69) is 20.8 Å². The molecule has 0 N–H and O–H groups in total. The molecule has 5 rings (SSSR count). The van der Waals surface area contributed by atoms with E-state index in [1.807, 2.05) is 0 Å². The minimum atomic E-state index is -0.288. The molecule has 1 saturated heterocycles. The predicted octanol–water partition coefficient (Wildman–Crippen LogP) is 4.59. The summed E-state index contributed by atoms with van der Waals surface area (Å²) in [6, 6.07) is 0. The molecule has 1 aliphatic heterocycles. The summed E-state index contributed by atoms with van der Waals surface area (Å²) in [7, 11) is 0. The summed E-state index contributed by atoms with van der Waals surface area (Å²) in [5.41, 5.74) is 0.416. The van der Waals surface area contributed by atoms with E-state index in [0.29, 0.717) is 23.0 Å². The zero-order valence-corrected chi connectivity index (χ0v) is 16.2. The zero-order chi connectivity index (χ0) is 17.4.